The Bertz CT molecular complexity index is 999. The van der Waals surface area contributed by atoms with E-state index in [4.69, 9.17) is 16.3 Å². The zero-order valence-corrected chi connectivity index (χ0v) is 18.1. The Labute approximate surface area is 172 Å². The summed E-state index contributed by atoms with van der Waals surface area (Å²) >= 11 is 0. The summed E-state index contributed by atoms with van der Waals surface area (Å²) in [5, 5.41) is 3.30. The van der Waals surface area contributed by atoms with Crippen LogP contribution in [0.15, 0.2) is 47.6 Å². The standard InChI is InChI=1S/C18H19N5O2.2C2H6/c1-23-10-12-7-13(25-2)4-6-14(12)15-5-3-11(8-16(15)23)18(22-20)21-9-17(19)24;2*1-2/h3-8,10,20-21H,9H2,1-2H3,(H2,19,24);2*1-2H3/p+1. The Kier molecular flexibility index (Phi) is 9.55. The van der Waals surface area contributed by atoms with E-state index < -0.39 is 5.91 Å². The van der Waals surface area contributed by atoms with E-state index in [0.29, 0.717) is 5.84 Å². The summed E-state index contributed by atoms with van der Waals surface area (Å²) in [7, 11) is 3.63. The molecule has 1 amide bonds. The van der Waals surface area contributed by atoms with Gasteiger partial charge in [-0.2, -0.15) is 0 Å². The fraction of sp³-hybridized carbons (Fsp3) is 0.318. The van der Waals surface area contributed by atoms with Crippen molar-refractivity contribution >= 4 is 33.4 Å². The molecule has 5 N–H and O–H groups in total. The van der Waals surface area contributed by atoms with Crippen LogP contribution in [0.3, 0.4) is 0 Å². The molecule has 3 aromatic rings. The number of carbonyl (C=O) groups excluding carboxylic acids is 1. The maximum atomic E-state index is 10.9. The van der Waals surface area contributed by atoms with Crippen LogP contribution >= 0.6 is 0 Å². The Morgan fingerprint density at radius 2 is 1.76 bits per heavy atom. The van der Waals surface area contributed by atoms with Crippen molar-refractivity contribution in [3.8, 4) is 5.75 Å². The van der Waals surface area contributed by atoms with Crippen LogP contribution in [0, 0.1) is 0 Å². The molecule has 3 rings (SSSR count). The zero-order valence-electron chi connectivity index (χ0n) is 18.1. The number of aryl methyl sites for hydroxylation is 1. The van der Waals surface area contributed by atoms with Crippen LogP contribution < -0.4 is 26.3 Å². The van der Waals surface area contributed by atoms with Crippen molar-refractivity contribution in [1.82, 2.24) is 5.43 Å². The van der Waals surface area contributed by atoms with Gasteiger partial charge < -0.3 is 15.9 Å². The molecule has 0 spiro atoms. The number of amides is 1. The van der Waals surface area contributed by atoms with E-state index in [2.05, 4.69) is 10.4 Å². The average Bonchev–Trinajstić information content (AvgIpc) is 2.76. The minimum Gasteiger partial charge on any atom is -0.497 e. The minimum atomic E-state index is -0.515. The number of benzene rings is 2. The SMILES string of the molecule is CC.CC.COc1ccc2c(c1)c[n+](C)c1cc(C(=NCC(N)=O)NN)ccc21. The van der Waals surface area contributed by atoms with Crippen molar-refractivity contribution < 1.29 is 14.1 Å². The van der Waals surface area contributed by atoms with Crippen LogP contribution in [-0.2, 0) is 11.8 Å². The van der Waals surface area contributed by atoms with E-state index in [-0.39, 0.29) is 6.54 Å². The van der Waals surface area contributed by atoms with Crippen molar-refractivity contribution in [1.29, 1.82) is 0 Å². The predicted octanol–water partition coefficient (Wildman–Crippen LogP) is 2.57. The number of hydrogen-bond donors (Lipinski definition) is 3. The molecule has 2 aromatic carbocycles. The molecule has 0 atom stereocenters. The second kappa shape index (κ2) is 11.6. The lowest BCUT2D eigenvalue weighted by Crippen LogP contribution is -2.33. The molecule has 0 unspecified atom stereocenters. The van der Waals surface area contributed by atoms with Gasteiger partial charge in [-0.25, -0.2) is 10.4 Å². The van der Waals surface area contributed by atoms with E-state index >= 15 is 0 Å². The average molecular weight is 399 g/mol. The van der Waals surface area contributed by atoms with Crippen molar-refractivity contribution in [3.63, 3.8) is 0 Å². The molecule has 0 saturated carbocycles. The van der Waals surface area contributed by atoms with Gasteiger partial charge in [-0.15, -0.1) is 0 Å². The molecule has 29 heavy (non-hydrogen) atoms. The van der Waals surface area contributed by atoms with Gasteiger partial charge in [-0.05, 0) is 24.3 Å². The molecule has 0 radical (unpaired) electrons. The van der Waals surface area contributed by atoms with Crippen molar-refractivity contribution in [2.24, 2.45) is 23.6 Å². The molecule has 1 aromatic heterocycles. The van der Waals surface area contributed by atoms with Gasteiger partial charge in [-0.1, -0.05) is 33.8 Å². The van der Waals surface area contributed by atoms with Crippen LogP contribution in [0.5, 0.6) is 5.75 Å². The molecule has 0 bridgehead atoms. The number of primary amides is 1. The monoisotopic (exact) mass is 398 g/mol. The molecule has 0 aliphatic carbocycles. The van der Waals surface area contributed by atoms with E-state index in [1.807, 2.05) is 81.9 Å². The quantitative estimate of drug-likeness (QED) is 0.157. The molecule has 7 heteroatoms. The van der Waals surface area contributed by atoms with Gasteiger partial charge in [0.15, 0.2) is 6.20 Å². The molecule has 0 fully saturated rings. The van der Waals surface area contributed by atoms with Gasteiger partial charge in [0.25, 0.3) is 0 Å². The van der Waals surface area contributed by atoms with Gasteiger partial charge >= 0.3 is 0 Å². The molecular formula is C22H32N5O2+. The van der Waals surface area contributed by atoms with Gasteiger partial charge in [0.05, 0.1) is 17.9 Å². The maximum absolute atomic E-state index is 10.9. The Morgan fingerprint density at radius 1 is 1.10 bits per heavy atom. The fourth-order valence-corrected chi connectivity index (χ4v) is 2.87. The number of ether oxygens (including phenoxy) is 1. The highest BCUT2D eigenvalue weighted by Crippen LogP contribution is 2.26. The van der Waals surface area contributed by atoms with E-state index in [1.54, 1.807) is 7.11 Å². The first-order chi connectivity index (χ1) is 14.0. The number of hydrazine groups is 1. The van der Waals surface area contributed by atoms with Crippen molar-refractivity contribution in [3.05, 3.63) is 48.2 Å². The molecule has 0 aliphatic heterocycles. The number of aromatic nitrogens is 1. The van der Waals surface area contributed by atoms with Crippen LogP contribution in [-0.4, -0.2) is 25.4 Å². The highest BCUT2D eigenvalue weighted by atomic mass is 16.5. The number of fused-ring (bicyclic) bond motifs is 3. The first-order valence-electron chi connectivity index (χ1n) is 9.73. The number of hydrogen-bond acceptors (Lipinski definition) is 4. The van der Waals surface area contributed by atoms with Crippen LogP contribution in [0.25, 0.3) is 21.7 Å². The van der Waals surface area contributed by atoms with Crippen molar-refractivity contribution in [2.75, 3.05) is 13.7 Å². The summed E-state index contributed by atoms with van der Waals surface area (Å²) in [6.07, 6.45) is 2.04. The number of aliphatic imine (C=N–C) groups is 1. The number of nitrogens with one attached hydrogen (secondary N) is 1. The number of nitrogens with two attached hydrogens (primary N) is 2. The zero-order chi connectivity index (χ0) is 22.0. The highest BCUT2D eigenvalue weighted by Gasteiger charge is 2.14. The molecule has 156 valence electrons. The third kappa shape index (κ3) is 5.65. The van der Waals surface area contributed by atoms with Gasteiger partial charge in [0.1, 0.15) is 25.2 Å². The Balaban J connectivity index is 0.000000989. The first-order valence-corrected chi connectivity index (χ1v) is 9.73. The van der Waals surface area contributed by atoms with Gasteiger partial charge in [-0.3, -0.25) is 9.79 Å². The lowest BCUT2D eigenvalue weighted by atomic mass is 10.0. The molecule has 0 saturated heterocycles. The maximum Gasteiger partial charge on any atom is 0.239 e. The van der Waals surface area contributed by atoms with Gasteiger partial charge in [0.2, 0.25) is 11.4 Å². The van der Waals surface area contributed by atoms with E-state index in [1.165, 1.54) is 0 Å². The smallest absolute Gasteiger partial charge is 0.239 e. The third-order valence-corrected chi connectivity index (χ3v) is 4.06. The van der Waals surface area contributed by atoms with Crippen LogP contribution in [0.2, 0.25) is 0 Å². The normalized spacial score (nSPS) is 10.5. The number of pyridine rings is 1. The van der Waals surface area contributed by atoms with Crippen LogP contribution in [0.4, 0.5) is 0 Å². The Morgan fingerprint density at radius 3 is 2.34 bits per heavy atom. The van der Waals surface area contributed by atoms with E-state index in [9.17, 15) is 4.79 Å². The highest BCUT2D eigenvalue weighted by molar-refractivity contribution is 6.07. The minimum absolute atomic E-state index is 0.124. The summed E-state index contributed by atoms with van der Waals surface area (Å²) < 4.78 is 7.33. The molecular weight excluding hydrogens is 366 g/mol. The summed E-state index contributed by atoms with van der Waals surface area (Å²) in [6, 6.07) is 11.9. The molecule has 7 nitrogen and oxygen atoms in total. The molecule has 1 heterocycles. The molecule has 0 aliphatic rings. The van der Waals surface area contributed by atoms with Crippen molar-refractivity contribution in [2.45, 2.75) is 27.7 Å². The second-order valence-corrected chi connectivity index (χ2v) is 5.70. The summed E-state index contributed by atoms with van der Waals surface area (Å²) in [4.78, 5) is 15.1. The van der Waals surface area contributed by atoms with Crippen LogP contribution in [0.1, 0.15) is 33.3 Å². The number of carbonyl (C=O) groups is 1. The lowest BCUT2D eigenvalue weighted by molar-refractivity contribution is -0.643. The van der Waals surface area contributed by atoms with Gasteiger partial charge in [0, 0.05) is 17.0 Å². The Hall–Kier alpha value is -3.19. The number of methoxy groups -OCH3 is 1. The van der Waals surface area contributed by atoms with E-state index in [0.717, 1.165) is 33.0 Å². The largest absolute Gasteiger partial charge is 0.497 e. The number of amidine groups is 1. The summed E-state index contributed by atoms with van der Waals surface area (Å²) in [5.74, 6) is 6.26. The fourth-order valence-electron chi connectivity index (χ4n) is 2.87. The first kappa shape index (κ1) is 23.8. The number of rotatable bonds is 4. The number of nitrogens with zero attached hydrogens (tertiary/aromatic N) is 2. The third-order valence-electron chi connectivity index (χ3n) is 4.06. The predicted molar refractivity (Wildman–Crippen MR) is 120 cm³/mol. The lowest BCUT2D eigenvalue weighted by Gasteiger charge is -2.08. The summed E-state index contributed by atoms with van der Waals surface area (Å²) in [5.41, 5.74) is 9.46. The summed E-state index contributed by atoms with van der Waals surface area (Å²) in [6.45, 7) is 7.88. The topological polar surface area (TPSA) is 107 Å². The second-order valence-electron chi connectivity index (χ2n) is 5.70.